The van der Waals surface area contributed by atoms with Gasteiger partial charge in [0.25, 0.3) is 0 Å². The third kappa shape index (κ3) is 2.82. The molecule has 0 amide bonds. The zero-order valence-electron chi connectivity index (χ0n) is 14.5. The first-order valence-electron chi connectivity index (χ1n) is 9.47. The summed E-state index contributed by atoms with van der Waals surface area (Å²) in [5.74, 6) is 2.91. The molecule has 1 spiro atoms. The van der Waals surface area contributed by atoms with Crippen LogP contribution in [0.1, 0.15) is 50.3 Å². The van der Waals surface area contributed by atoms with Crippen LogP contribution < -0.4 is 4.90 Å². The van der Waals surface area contributed by atoms with Gasteiger partial charge in [0.05, 0.1) is 0 Å². The Kier molecular flexibility index (Phi) is 3.73. The van der Waals surface area contributed by atoms with E-state index in [1.807, 2.05) is 6.20 Å². The van der Waals surface area contributed by atoms with Crippen LogP contribution >= 0.6 is 0 Å². The lowest BCUT2D eigenvalue weighted by molar-refractivity contribution is 0.0544. The summed E-state index contributed by atoms with van der Waals surface area (Å²) < 4.78 is 11.1. The van der Waals surface area contributed by atoms with Crippen molar-refractivity contribution in [2.75, 3.05) is 31.2 Å². The summed E-state index contributed by atoms with van der Waals surface area (Å²) in [4.78, 5) is 11.6. The molecule has 25 heavy (non-hydrogen) atoms. The molecule has 0 N–H and O–H groups in total. The van der Waals surface area contributed by atoms with Gasteiger partial charge in [-0.15, -0.1) is 0 Å². The average molecular weight is 340 g/mol. The van der Waals surface area contributed by atoms with Gasteiger partial charge < -0.3 is 14.2 Å². The molecule has 0 bridgehead atoms. The fourth-order valence-electron chi connectivity index (χ4n) is 4.35. The third-order valence-corrected chi connectivity index (χ3v) is 6.10. The minimum Gasteiger partial charge on any atom is -0.381 e. The summed E-state index contributed by atoms with van der Waals surface area (Å²) in [6.45, 7) is 3.93. The maximum atomic E-state index is 5.58. The number of rotatable bonds is 3. The molecule has 2 saturated heterocycles. The molecule has 1 unspecified atom stereocenters. The normalized spacial score (nSPS) is 25.3. The molecule has 0 aromatic carbocycles. The van der Waals surface area contributed by atoms with Crippen LogP contribution in [-0.4, -0.2) is 41.4 Å². The maximum absolute atomic E-state index is 5.58. The van der Waals surface area contributed by atoms with E-state index in [-0.39, 0.29) is 0 Å². The lowest BCUT2D eigenvalue weighted by atomic mass is 9.94. The molecular weight excluding hydrogens is 316 g/mol. The van der Waals surface area contributed by atoms with Crippen LogP contribution in [0.25, 0.3) is 11.4 Å². The Morgan fingerprint density at radius 2 is 1.92 bits per heavy atom. The van der Waals surface area contributed by atoms with E-state index in [0.29, 0.717) is 17.2 Å². The van der Waals surface area contributed by atoms with Gasteiger partial charge in [-0.05, 0) is 56.1 Å². The van der Waals surface area contributed by atoms with Crippen LogP contribution in [0.15, 0.2) is 22.9 Å². The van der Waals surface area contributed by atoms with Crippen LogP contribution in [-0.2, 0) is 4.74 Å². The number of piperidine rings is 1. The number of ether oxygens (including phenoxy) is 1. The number of nitrogens with zero attached hydrogens (tertiary/aromatic N) is 4. The molecule has 2 aromatic heterocycles. The number of hydrogen-bond donors (Lipinski definition) is 0. The van der Waals surface area contributed by atoms with Crippen molar-refractivity contribution >= 4 is 5.82 Å². The van der Waals surface area contributed by atoms with Crippen LogP contribution in [0.3, 0.4) is 0 Å². The lowest BCUT2D eigenvalue weighted by Crippen LogP contribution is -2.29. The van der Waals surface area contributed by atoms with Gasteiger partial charge in [-0.2, -0.15) is 4.98 Å². The van der Waals surface area contributed by atoms with Gasteiger partial charge in [0.1, 0.15) is 5.82 Å². The standard InChI is InChI=1S/C19H24N4O2/c1-2-8-23(9-3-1)16-5-4-14(13-20-16)17-21-18(25-22-17)15-12-19(15)6-10-24-11-7-19/h4-5,13,15H,1-3,6-12H2. The van der Waals surface area contributed by atoms with E-state index in [1.165, 1.54) is 19.3 Å². The number of anilines is 1. The second kappa shape index (κ2) is 6.09. The minimum absolute atomic E-state index is 0.360. The largest absolute Gasteiger partial charge is 0.381 e. The molecule has 2 aliphatic heterocycles. The molecule has 0 radical (unpaired) electrons. The van der Waals surface area contributed by atoms with Crippen LogP contribution in [0.2, 0.25) is 0 Å². The smallest absolute Gasteiger partial charge is 0.230 e. The average Bonchev–Trinajstić information content (AvgIpc) is 3.15. The van der Waals surface area contributed by atoms with Gasteiger partial charge in [-0.3, -0.25) is 0 Å². The Morgan fingerprint density at radius 3 is 2.68 bits per heavy atom. The van der Waals surface area contributed by atoms with Gasteiger partial charge >= 0.3 is 0 Å². The van der Waals surface area contributed by atoms with Crippen LogP contribution in [0.5, 0.6) is 0 Å². The summed E-state index contributed by atoms with van der Waals surface area (Å²) in [7, 11) is 0. The lowest BCUT2D eigenvalue weighted by Gasteiger charge is -2.27. The van der Waals surface area contributed by atoms with E-state index >= 15 is 0 Å². The monoisotopic (exact) mass is 340 g/mol. The highest BCUT2D eigenvalue weighted by Crippen LogP contribution is 2.64. The molecule has 3 fully saturated rings. The summed E-state index contributed by atoms with van der Waals surface area (Å²) in [6, 6.07) is 4.14. The van der Waals surface area contributed by atoms with Crippen molar-refractivity contribution in [3.05, 3.63) is 24.2 Å². The van der Waals surface area contributed by atoms with Crippen molar-refractivity contribution in [1.29, 1.82) is 0 Å². The first-order valence-corrected chi connectivity index (χ1v) is 9.47. The molecule has 1 saturated carbocycles. The van der Waals surface area contributed by atoms with Gasteiger partial charge in [0.2, 0.25) is 11.7 Å². The first kappa shape index (κ1) is 15.3. The maximum Gasteiger partial charge on any atom is 0.230 e. The Morgan fingerprint density at radius 1 is 1.08 bits per heavy atom. The van der Waals surface area contributed by atoms with Crippen molar-refractivity contribution in [2.45, 2.75) is 44.4 Å². The van der Waals surface area contributed by atoms with Crippen molar-refractivity contribution < 1.29 is 9.26 Å². The van der Waals surface area contributed by atoms with Crippen molar-refractivity contribution in [3.8, 4) is 11.4 Å². The van der Waals surface area contributed by atoms with Crippen molar-refractivity contribution in [3.63, 3.8) is 0 Å². The van der Waals surface area contributed by atoms with Gasteiger partial charge in [-0.1, -0.05) is 5.16 Å². The van der Waals surface area contributed by atoms with Gasteiger partial charge in [-0.25, -0.2) is 4.98 Å². The molecule has 1 atom stereocenters. The Balaban J connectivity index is 1.30. The van der Waals surface area contributed by atoms with Crippen LogP contribution in [0, 0.1) is 5.41 Å². The second-order valence-corrected chi connectivity index (χ2v) is 7.64. The zero-order valence-corrected chi connectivity index (χ0v) is 14.5. The van der Waals surface area contributed by atoms with E-state index in [1.54, 1.807) is 0 Å². The van der Waals surface area contributed by atoms with Crippen molar-refractivity contribution in [1.82, 2.24) is 15.1 Å². The number of hydrogen-bond acceptors (Lipinski definition) is 6. The quantitative estimate of drug-likeness (QED) is 0.853. The van der Waals surface area contributed by atoms with E-state index in [0.717, 1.165) is 62.8 Å². The highest BCUT2D eigenvalue weighted by atomic mass is 16.5. The molecule has 6 nitrogen and oxygen atoms in total. The third-order valence-electron chi connectivity index (χ3n) is 6.10. The SMILES string of the molecule is c1cc(N2CCCCC2)ncc1-c1noc(C2CC23CCOCC3)n1. The topological polar surface area (TPSA) is 64.3 Å². The summed E-state index contributed by atoms with van der Waals surface area (Å²) in [5, 5.41) is 4.20. The number of pyridine rings is 1. The Bertz CT molecular complexity index is 730. The fraction of sp³-hybridized carbons (Fsp3) is 0.632. The van der Waals surface area contributed by atoms with Crippen molar-refractivity contribution in [2.24, 2.45) is 5.41 Å². The number of aromatic nitrogens is 3. The molecule has 6 heteroatoms. The predicted octanol–water partition coefficient (Wildman–Crippen LogP) is 3.41. The minimum atomic E-state index is 0.360. The Labute approximate surface area is 147 Å². The summed E-state index contributed by atoms with van der Waals surface area (Å²) in [5.41, 5.74) is 1.29. The van der Waals surface area contributed by atoms with E-state index in [9.17, 15) is 0 Å². The zero-order chi connectivity index (χ0) is 16.7. The molecule has 1 aliphatic carbocycles. The molecular formula is C19H24N4O2. The predicted molar refractivity (Wildman–Crippen MR) is 93.4 cm³/mol. The highest BCUT2D eigenvalue weighted by molar-refractivity contribution is 5.56. The Hall–Kier alpha value is -1.95. The van der Waals surface area contributed by atoms with E-state index in [4.69, 9.17) is 9.26 Å². The fourth-order valence-corrected chi connectivity index (χ4v) is 4.35. The van der Waals surface area contributed by atoms with Gasteiger partial charge in [0.15, 0.2) is 0 Å². The molecule has 2 aromatic rings. The molecule has 4 heterocycles. The highest BCUT2D eigenvalue weighted by Gasteiger charge is 2.57. The molecule has 5 rings (SSSR count). The van der Waals surface area contributed by atoms with Crippen LogP contribution in [0.4, 0.5) is 5.82 Å². The first-order chi connectivity index (χ1) is 12.3. The molecule has 132 valence electrons. The van der Waals surface area contributed by atoms with E-state index in [2.05, 4.69) is 32.2 Å². The van der Waals surface area contributed by atoms with Gasteiger partial charge in [0, 0.05) is 44.0 Å². The summed E-state index contributed by atoms with van der Waals surface area (Å²) >= 11 is 0. The molecule has 3 aliphatic rings. The second-order valence-electron chi connectivity index (χ2n) is 7.64. The van der Waals surface area contributed by atoms with E-state index < -0.39 is 0 Å². The summed E-state index contributed by atoms with van der Waals surface area (Å²) in [6.07, 6.45) is 9.09.